The number of thioether (sulfide) groups is 1. The first kappa shape index (κ1) is 8.62. The molecule has 4 heteroatoms. The molecule has 0 aromatic carbocycles. The Morgan fingerprint density at radius 3 is 2.55 bits per heavy atom. The average molecular weight is 188 g/mol. The van der Waals surface area contributed by atoms with E-state index < -0.39 is 10.3 Å². The highest BCUT2D eigenvalue weighted by atomic mass is 32.2. The summed E-state index contributed by atoms with van der Waals surface area (Å²) in [5.41, 5.74) is 0. The number of hydrogen-bond acceptors (Lipinski definition) is 3. The molecule has 0 aromatic heterocycles. The second kappa shape index (κ2) is 3.78. The van der Waals surface area contributed by atoms with Crippen LogP contribution in [0.15, 0.2) is 23.1 Å². The molecule has 0 N–H and O–H groups in total. The summed E-state index contributed by atoms with van der Waals surface area (Å²) in [5.74, 6) is 0. The second-order valence-corrected chi connectivity index (χ2v) is 3.92. The lowest BCUT2D eigenvalue weighted by atomic mass is 10.2. The van der Waals surface area contributed by atoms with Gasteiger partial charge in [0.1, 0.15) is 0 Å². The molecule has 0 atom stereocenters. The number of rotatable bonds is 1. The SMILES string of the molecule is CSC1=CCC(=S(=O)=O)C=C1. The van der Waals surface area contributed by atoms with Gasteiger partial charge in [0, 0.05) is 11.3 Å². The van der Waals surface area contributed by atoms with Crippen molar-refractivity contribution in [2.45, 2.75) is 6.42 Å². The summed E-state index contributed by atoms with van der Waals surface area (Å²) in [7, 11) is -2.04. The van der Waals surface area contributed by atoms with Crippen LogP contribution in [0.2, 0.25) is 0 Å². The predicted octanol–water partition coefficient (Wildman–Crippen LogP) is 1.24. The van der Waals surface area contributed by atoms with Gasteiger partial charge in [0.05, 0.1) is 4.86 Å². The molecule has 0 saturated carbocycles. The van der Waals surface area contributed by atoms with Gasteiger partial charge in [-0.15, -0.1) is 11.8 Å². The van der Waals surface area contributed by atoms with Gasteiger partial charge in [0.25, 0.3) is 0 Å². The highest BCUT2D eigenvalue weighted by Gasteiger charge is 2.01. The summed E-state index contributed by atoms with van der Waals surface area (Å²) in [5, 5.41) is 0. The van der Waals surface area contributed by atoms with Crippen molar-refractivity contribution in [3.8, 4) is 0 Å². The Morgan fingerprint density at radius 2 is 2.18 bits per heavy atom. The molecule has 0 unspecified atom stereocenters. The first-order valence-electron chi connectivity index (χ1n) is 3.11. The third kappa shape index (κ3) is 2.24. The summed E-state index contributed by atoms with van der Waals surface area (Å²) in [6, 6.07) is 0. The fourth-order valence-corrected chi connectivity index (χ4v) is 1.64. The van der Waals surface area contributed by atoms with E-state index in [0.29, 0.717) is 11.3 Å². The smallest absolute Gasteiger partial charge is 0.184 e. The summed E-state index contributed by atoms with van der Waals surface area (Å²) < 4.78 is 20.9. The molecule has 1 rings (SSSR count). The number of allylic oxidation sites excluding steroid dienone is 3. The van der Waals surface area contributed by atoms with Crippen molar-refractivity contribution in [2.75, 3.05) is 6.26 Å². The molecule has 0 radical (unpaired) electrons. The average Bonchev–Trinajstić information content (AvgIpc) is 2.05. The zero-order valence-corrected chi connectivity index (χ0v) is 7.71. The molecule has 2 nitrogen and oxygen atoms in total. The van der Waals surface area contributed by atoms with Gasteiger partial charge in [-0.3, -0.25) is 0 Å². The van der Waals surface area contributed by atoms with Crippen LogP contribution >= 0.6 is 11.8 Å². The van der Waals surface area contributed by atoms with Crippen LogP contribution in [0.25, 0.3) is 0 Å². The molecule has 0 aromatic rings. The molecule has 0 fully saturated rings. The first-order chi connectivity index (χ1) is 5.24. The molecular weight excluding hydrogens is 180 g/mol. The Balaban J connectivity index is 2.89. The van der Waals surface area contributed by atoms with Gasteiger partial charge < -0.3 is 0 Å². The summed E-state index contributed by atoms with van der Waals surface area (Å²) >= 11 is 1.62. The Hall–Kier alpha value is -0.480. The van der Waals surface area contributed by atoms with Gasteiger partial charge in [-0.1, -0.05) is 6.08 Å². The third-order valence-electron chi connectivity index (χ3n) is 1.39. The van der Waals surface area contributed by atoms with Gasteiger partial charge in [-0.25, -0.2) is 0 Å². The Morgan fingerprint density at radius 1 is 1.45 bits per heavy atom. The Labute approximate surface area is 71.5 Å². The van der Waals surface area contributed by atoms with Crippen LogP contribution < -0.4 is 0 Å². The quantitative estimate of drug-likeness (QED) is 0.581. The predicted molar refractivity (Wildman–Crippen MR) is 49.3 cm³/mol. The van der Waals surface area contributed by atoms with E-state index in [9.17, 15) is 8.42 Å². The van der Waals surface area contributed by atoms with E-state index in [1.54, 1.807) is 17.8 Å². The van der Waals surface area contributed by atoms with Crippen LogP contribution in [0.3, 0.4) is 0 Å². The molecule has 1 aliphatic carbocycles. The third-order valence-corrected chi connectivity index (χ3v) is 2.89. The normalized spacial score (nSPS) is 16.5. The van der Waals surface area contributed by atoms with Gasteiger partial charge in [0.15, 0.2) is 0 Å². The van der Waals surface area contributed by atoms with Gasteiger partial charge >= 0.3 is 0 Å². The maximum Gasteiger partial charge on any atom is 0.217 e. The number of hydrogen-bond donors (Lipinski definition) is 0. The molecule has 1 aliphatic rings. The van der Waals surface area contributed by atoms with E-state index in [1.807, 2.05) is 18.4 Å². The van der Waals surface area contributed by atoms with Gasteiger partial charge in [-0.05, 0) is 18.4 Å². The van der Waals surface area contributed by atoms with E-state index in [4.69, 9.17) is 0 Å². The lowest BCUT2D eigenvalue weighted by Crippen LogP contribution is -1.97. The van der Waals surface area contributed by atoms with Crippen molar-refractivity contribution < 1.29 is 8.42 Å². The van der Waals surface area contributed by atoms with Crippen molar-refractivity contribution in [2.24, 2.45) is 0 Å². The summed E-state index contributed by atoms with van der Waals surface area (Å²) in [6.07, 6.45) is 7.88. The van der Waals surface area contributed by atoms with Gasteiger partial charge in [-0.2, -0.15) is 8.42 Å². The first-order valence-corrected chi connectivity index (χ1v) is 5.41. The van der Waals surface area contributed by atoms with Crippen LogP contribution in [-0.2, 0) is 10.3 Å². The minimum atomic E-state index is -2.04. The minimum Gasteiger partial charge on any atom is -0.184 e. The van der Waals surface area contributed by atoms with Crippen LogP contribution in [0, 0.1) is 0 Å². The van der Waals surface area contributed by atoms with E-state index in [1.165, 1.54) is 0 Å². The molecule has 0 aliphatic heterocycles. The Kier molecular flexibility index (Phi) is 2.96. The molecule has 0 heterocycles. The molecule has 0 bridgehead atoms. The molecule has 0 saturated heterocycles. The van der Waals surface area contributed by atoms with Crippen LogP contribution in [0.4, 0.5) is 0 Å². The van der Waals surface area contributed by atoms with Crippen molar-refractivity contribution in [3.05, 3.63) is 23.1 Å². The van der Waals surface area contributed by atoms with E-state index in [-0.39, 0.29) is 0 Å². The fraction of sp³-hybridized carbons (Fsp3) is 0.286. The van der Waals surface area contributed by atoms with Crippen molar-refractivity contribution in [1.82, 2.24) is 0 Å². The molecule has 11 heavy (non-hydrogen) atoms. The lowest BCUT2D eigenvalue weighted by Gasteiger charge is -2.01. The molecule has 0 amide bonds. The van der Waals surface area contributed by atoms with Gasteiger partial charge in [0.2, 0.25) is 10.3 Å². The maximum atomic E-state index is 10.4. The van der Waals surface area contributed by atoms with Crippen molar-refractivity contribution >= 4 is 26.9 Å². The highest BCUT2D eigenvalue weighted by molar-refractivity contribution is 8.02. The van der Waals surface area contributed by atoms with Crippen LogP contribution in [0.5, 0.6) is 0 Å². The molecule has 0 spiro atoms. The van der Waals surface area contributed by atoms with E-state index >= 15 is 0 Å². The topological polar surface area (TPSA) is 34.1 Å². The van der Waals surface area contributed by atoms with E-state index in [0.717, 1.165) is 4.91 Å². The standard InChI is InChI=1S/C7H8O2S2/c1-10-6-2-4-7(5-3-6)11(8)9/h2-4H,5H2,1H3. The summed E-state index contributed by atoms with van der Waals surface area (Å²) in [4.78, 5) is 1.59. The zero-order chi connectivity index (χ0) is 8.27. The highest BCUT2D eigenvalue weighted by Crippen LogP contribution is 2.17. The summed E-state index contributed by atoms with van der Waals surface area (Å²) in [6.45, 7) is 0. The van der Waals surface area contributed by atoms with Crippen LogP contribution in [0.1, 0.15) is 6.42 Å². The molecular formula is C7H8O2S2. The monoisotopic (exact) mass is 188 g/mol. The van der Waals surface area contributed by atoms with Crippen molar-refractivity contribution in [1.29, 1.82) is 0 Å². The minimum absolute atomic E-state index is 0.461. The lowest BCUT2D eigenvalue weighted by molar-refractivity contribution is 0.627. The second-order valence-electron chi connectivity index (χ2n) is 2.05. The zero-order valence-electron chi connectivity index (χ0n) is 6.07. The fourth-order valence-electron chi connectivity index (χ4n) is 0.787. The largest absolute Gasteiger partial charge is 0.217 e. The van der Waals surface area contributed by atoms with E-state index in [2.05, 4.69) is 0 Å². The Bertz CT molecular complexity index is 325. The molecule has 60 valence electrons. The maximum absolute atomic E-state index is 10.4. The van der Waals surface area contributed by atoms with Crippen LogP contribution in [-0.4, -0.2) is 19.5 Å². The van der Waals surface area contributed by atoms with Crippen molar-refractivity contribution in [3.63, 3.8) is 0 Å².